The molecule has 0 heterocycles. The van der Waals surface area contributed by atoms with Gasteiger partial charge in [-0.1, -0.05) is 12.1 Å². The minimum atomic E-state index is -0.778. The molecule has 0 bridgehead atoms. The molecule has 0 spiro atoms. The van der Waals surface area contributed by atoms with E-state index in [2.05, 4.69) is 15.8 Å². The van der Waals surface area contributed by atoms with Gasteiger partial charge in [-0.2, -0.15) is 5.10 Å². The summed E-state index contributed by atoms with van der Waals surface area (Å²) in [4.78, 5) is 24.7. The molecule has 6 heteroatoms. The topological polar surface area (TPSA) is 73.8 Å². The molecule has 2 amide bonds. The van der Waals surface area contributed by atoms with E-state index in [1.165, 1.54) is 6.21 Å². The first-order valence-corrected chi connectivity index (χ1v) is 6.31. The Kier molecular flexibility index (Phi) is 5.71. The second kappa shape index (κ2) is 7.28. The molecule has 20 heavy (non-hydrogen) atoms. The van der Waals surface area contributed by atoms with Crippen molar-refractivity contribution in [1.82, 2.24) is 10.7 Å². The van der Waals surface area contributed by atoms with Crippen molar-refractivity contribution in [2.45, 2.75) is 19.9 Å². The summed E-state index contributed by atoms with van der Waals surface area (Å²) in [5, 5.41) is 6.23. The summed E-state index contributed by atoms with van der Waals surface area (Å²) in [5.74, 6) is -1.47. The molecule has 0 saturated heterocycles. The summed E-state index contributed by atoms with van der Waals surface area (Å²) < 4.78 is 0. The fourth-order valence-electron chi connectivity index (χ4n) is 1.40. The van der Waals surface area contributed by atoms with E-state index < -0.39 is 11.8 Å². The van der Waals surface area contributed by atoms with Crippen LogP contribution in [0.1, 0.15) is 19.4 Å². The lowest BCUT2D eigenvalue weighted by molar-refractivity contribution is -0.139. The van der Waals surface area contributed by atoms with Gasteiger partial charge in [-0.3, -0.25) is 9.59 Å². The van der Waals surface area contributed by atoms with Crippen LogP contribution in [0.3, 0.4) is 0 Å². The van der Waals surface area contributed by atoms with Gasteiger partial charge < -0.3 is 10.2 Å². The molecule has 0 unspecified atom stereocenters. The lowest BCUT2D eigenvalue weighted by atomic mass is 10.2. The maximum Gasteiger partial charge on any atom is 0.329 e. The van der Waals surface area contributed by atoms with Gasteiger partial charge in [0.05, 0.1) is 6.21 Å². The van der Waals surface area contributed by atoms with Gasteiger partial charge in [-0.25, -0.2) is 5.43 Å². The number of nitrogens with one attached hydrogen (secondary N) is 2. The van der Waals surface area contributed by atoms with Gasteiger partial charge >= 0.3 is 11.8 Å². The molecule has 0 aliphatic heterocycles. The summed E-state index contributed by atoms with van der Waals surface area (Å²) in [6.45, 7) is 3.56. The number of anilines is 1. The van der Waals surface area contributed by atoms with E-state index in [1.807, 2.05) is 43.3 Å². The molecule has 1 rings (SSSR count). The SMILES string of the molecule is CC(C)NC(=O)C(=O)N/N=C/c1ccc(N(C)C)cc1. The summed E-state index contributed by atoms with van der Waals surface area (Å²) in [7, 11) is 3.91. The van der Waals surface area contributed by atoms with Crippen molar-refractivity contribution in [3.63, 3.8) is 0 Å². The van der Waals surface area contributed by atoms with Crippen LogP contribution in [0.25, 0.3) is 0 Å². The zero-order chi connectivity index (χ0) is 15.1. The molecular weight excluding hydrogens is 256 g/mol. The summed E-state index contributed by atoms with van der Waals surface area (Å²) >= 11 is 0. The van der Waals surface area contributed by atoms with E-state index in [0.717, 1.165) is 11.3 Å². The average Bonchev–Trinajstić information content (AvgIpc) is 2.38. The van der Waals surface area contributed by atoms with Crippen molar-refractivity contribution in [2.24, 2.45) is 5.10 Å². The fraction of sp³-hybridized carbons (Fsp3) is 0.357. The summed E-state index contributed by atoms with van der Waals surface area (Å²) in [5.41, 5.74) is 4.09. The normalized spacial score (nSPS) is 10.7. The molecule has 0 aliphatic carbocycles. The number of amides is 2. The average molecular weight is 276 g/mol. The second-order valence-corrected chi connectivity index (χ2v) is 4.81. The lowest BCUT2D eigenvalue weighted by Gasteiger charge is -2.11. The van der Waals surface area contributed by atoms with Crippen LogP contribution in [0, 0.1) is 0 Å². The van der Waals surface area contributed by atoms with Crippen molar-refractivity contribution in [1.29, 1.82) is 0 Å². The first-order valence-electron chi connectivity index (χ1n) is 6.31. The van der Waals surface area contributed by atoms with Crippen molar-refractivity contribution in [2.75, 3.05) is 19.0 Å². The van der Waals surface area contributed by atoms with Gasteiger partial charge in [-0.15, -0.1) is 0 Å². The first kappa shape index (κ1) is 15.7. The van der Waals surface area contributed by atoms with Gasteiger partial charge in [0.2, 0.25) is 0 Å². The number of carbonyl (C=O) groups excluding carboxylic acids is 2. The Labute approximate surface area is 118 Å². The van der Waals surface area contributed by atoms with Crippen molar-refractivity contribution < 1.29 is 9.59 Å². The van der Waals surface area contributed by atoms with Crippen LogP contribution in [0.15, 0.2) is 29.4 Å². The molecular formula is C14H20N4O2. The lowest BCUT2D eigenvalue weighted by Crippen LogP contribution is -2.41. The quantitative estimate of drug-likeness (QED) is 0.483. The molecule has 6 nitrogen and oxygen atoms in total. The third-order valence-electron chi connectivity index (χ3n) is 2.42. The monoisotopic (exact) mass is 276 g/mol. The number of rotatable bonds is 4. The van der Waals surface area contributed by atoms with Crippen LogP contribution < -0.4 is 15.6 Å². The molecule has 0 fully saturated rings. The molecule has 0 saturated carbocycles. The molecule has 1 aromatic carbocycles. The zero-order valence-electron chi connectivity index (χ0n) is 12.2. The predicted molar refractivity (Wildman–Crippen MR) is 79.8 cm³/mol. The van der Waals surface area contributed by atoms with Crippen LogP contribution in [-0.2, 0) is 9.59 Å². The Morgan fingerprint density at radius 2 is 1.75 bits per heavy atom. The number of carbonyl (C=O) groups is 2. The van der Waals surface area contributed by atoms with Crippen LogP contribution in [-0.4, -0.2) is 38.2 Å². The van der Waals surface area contributed by atoms with E-state index in [0.29, 0.717) is 0 Å². The predicted octanol–water partition coefficient (Wildman–Crippen LogP) is 0.727. The zero-order valence-corrected chi connectivity index (χ0v) is 12.2. The highest BCUT2D eigenvalue weighted by atomic mass is 16.2. The van der Waals surface area contributed by atoms with Crippen molar-refractivity contribution in [3.05, 3.63) is 29.8 Å². The van der Waals surface area contributed by atoms with E-state index in [-0.39, 0.29) is 6.04 Å². The Bertz CT molecular complexity index is 492. The van der Waals surface area contributed by atoms with E-state index in [1.54, 1.807) is 13.8 Å². The Morgan fingerprint density at radius 1 is 1.15 bits per heavy atom. The third-order valence-corrected chi connectivity index (χ3v) is 2.42. The van der Waals surface area contributed by atoms with Crippen molar-refractivity contribution >= 4 is 23.7 Å². The largest absolute Gasteiger partial charge is 0.378 e. The highest BCUT2D eigenvalue weighted by Gasteiger charge is 2.12. The van der Waals surface area contributed by atoms with Crippen LogP contribution in [0.5, 0.6) is 0 Å². The van der Waals surface area contributed by atoms with Gasteiger partial charge in [0.25, 0.3) is 0 Å². The maximum absolute atomic E-state index is 11.4. The molecule has 2 N–H and O–H groups in total. The van der Waals surface area contributed by atoms with Crippen LogP contribution in [0.4, 0.5) is 5.69 Å². The highest BCUT2D eigenvalue weighted by molar-refractivity contribution is 6.35. The smallest absolute Gasteiger partial charge is 0.329 e. The minimum absolute atomic E-state index is 0.0872. The molecule has 0 atom stereocenters. The van der Waals surface area contributed by atoms with Crippen LogP contribution >= 0.6 is 0 Å². The van der Waals surface area contributed by atoms with E-state index in [9.17, 15) is 9.59 Å². The Morgan fingerprint density at radius 3 is 2.25 bits per heavy atom. The summed E-state index contributed by atoms with van der Waals surface area (Å²) in [6, 6.07) is 7.54. The number of hydrogen-bond acceptors (Lipinski definition) is 4. The van der Waals surface area contributed by atoms with Gasteiger partial charge in [0, 0.05) is 25.8 Å². The molecule has 1 aromatic rings. The molecule has 0 aliphatic rings. The van der Waals surface area contributed by atoms with Gasteiger partial charge in [0.1, 0.15) is 0 Å². The minimum Gasteiger partial charge on any atom is -0.378 e. The van der Waals surface area contributed by atoms with E-state index >= 15 is 0 Å². The number of hydrazone groups is 1. The number of nitrogens with zero attached hydrogens (tertiary/aromatic N) is 2. The Balaban J connectivity index is 2.52. The molecule has 108 valence electrons. The highest BCUT2D eigenvalue weighted by Crippen LogP contribution is 2.10. The Hall–Kier alpha value is -2.37. The third kappa shape index (κ3) is 5.09. The standard InChI is InChI=1S/C14H20N4O2/c1-10(2)16-13(19)14(20)17-15-9-11-5-7-12(8-6-11)18(3)4/h5-10H,1-4H3,(H,16,19)(H,17,20)/b15-9+. The van der Waals surface area contributed by atoms with Crippen LogP contribution in [0.2, 0.25) is 0 Å². The van der Waals surface area contributed by atoms with Crippen molar-refractivity contribution in [3.8, 4) is 0 Å². The number of hydrogen-bond donors (Lipinski definition) is 2. The number of benzene rings is 1. The summed E-state index contributed by atoms with van der Waals surface area (Å²) in [6.07, 6.45) is 1.49. The fourth-order valence-corrected chi connectivity index (χ4v) is 1.40. The molecule has 0 aromatic heterocycles. The second-order valence-electron chi connectivity index (χ2n) is 4.81. The van der Waals surface area contributed by atoms with Gasteiger partial charge in [0.15, 0.2) is 0 Å². The molecule has 0 radical (unpaired) electrons. The first-order chi connectivity index (χ1) is 9.40. The van der Waals surface area contributed by atoms with E-state index in [4.69, 9.17) is 0 Å². The maximum atomic E-state index is 11.4. The van der Waals surface area contributed by atoms with Gasteiger partial charge in [-0.05, 0) is 31.5 Å².